The Morgan fingerprint density at radius 3 is 2.28 bits per heavy atom. The van der Waals surface area contributed by atoms with Crippen molar-refractivity contribution in [3.05, 3.63) is 23.8 Å². The Labute approximate surface area is 151 Å². The van der Waals surface area contributed by atoms with E-state index in [0.717, 1.165) is 6.42 Å². The third-order valence-electron chi connectivity index (χ3n) is 3.72. The molecule has 0 heterocycles. The smallest absolute Gasteiger partial charge is 0.251 e. The first kappa shape index (κ1) is 21.4. The molecule has 0 aliphatic heterocycles. The summed E-state index contributed by atoms with van der Waals surface area (Å²) < 4.78 is 33.1. The van der Waals surface area contributed by atoms with Gasteiger partial charge in [0.25, 0.3) is 5.91 Å². The molecule has 25 heavy (non-hydrogen) atoms. The number of benzene rings is 1. The molecule has 1 rings (SSSR count). The van der Waals surface area contributed by atoms with Crippen molar-refractivity contribution in [3.63, 3.8) is 0 Å². The first-order valence-electron chi connectivity index (χ1n) is 8.44. The van der Waals surface area contributed by atoms with E-state index in [1.165, 1.54) is 19.2 Å². The molecule has 6 nitrogen and oxygen atoms in total. The Balaban J connectivity index is 3.25. The maximum absolute atomic E-state index is 12.7. The molecule has 0 saturated heterocycles. The van der Waals surface area contributed by atoms with E-state index in [4.69, 9.17) is 4.74 Å². The topological polar surface area (TPSA) is 84.5 Å². The van der Waals surface area contributed by atoms with Gasteiger partial charge in [-0.2, -0.15) is 0 Å². The summed E-state index contributed by atoms with van der Waals surface area (Å²) >= 11 is 0. The van der Waals surface area contributed by atoms with Gasteiger partial charge in [0.05, 0.1) is 7.11 Å². The summed E-state index contributed by atoms with van der Waals surface area (Å²) in [5.41, 5.74) is -0.359. The summed E-state index contributed by atoms with van der Waals surface area (Å²) in [7, 11) is -2.42. The molecule has 0 aliphatic carbocycles. The van der Waals surface area contributed by atoms with Crippen LogP contribution in [0.25, 0.3) is 0 Å². The molecule has 0 aromatic heterocycles. The molecular weight excluding hydrogens is 340 g/mol. The number of carbonyl (C=O) groups excluding carboxylic acids is 1. The second-order valence-corrected chi connectivity index (χ2v) is 9.10. The summed E-state index contributed by atoms with van der Waals surface area (Å²) in [6, 6.07) is 4.46. The number of ether oxygens (including phenoxy) is 1. The molecule has 1 amide bonds. The maximum Gasteiger partial charge on any atom is 0.251 e. The first-order chi connectivity index (χ1) is 11.4. The summed E-state index contributed by atoms with van der Waals surface area (Å²) in [5, 5.41) is 2.95. The summed E-state index contributed by atoms with van der Waals surface area (Å²) in [6.07, 6.45) is 0.802. The monoisotopic (exact) mass is 370 g/mol. The first-order valence-corrected chi connectivity index (χ1v) is 9.92. The Kier molecular flexibility index (Phi) is 7.02. The zero-order chi connectivity index (χ0) is 19.4. The van der Waals surface area contributed by atoms with Crippen molar-refractivity contribution >= 4 is 15.9 Å². The number of hydrogen-bond donors (Lipinski definition) is 2. The molecule has 0 spiro atoms. The molecule has 0 radical (unpaired) electrons. The predicted octanol–water partition coefficient (Wildman–Crippen LogP) is 2.94. The van der Waals surface area contributed by atoms with E-state index in [2.05, 4.69) is 10.0 Å². The van der Waals surface area contributed by atoms with Gasteiger partial charge in [0.1, 0.15) is 10.6 Å². The third kappa shape index (κ3) is 6.01. The van der Waals surface area contributed by atoms with Crippen molar-refractivity contribution in [2.24, 2.45) is 5.92 Å². The summed E-state index contributed by atoms with van der Waals surface area (Å²) in [4.78, 5) is 12.5. The Morgan fingerprint density at radius 2 is 1.84 bits per heavy atom. The molecule has 142 valence electrons. The van der Waals surface area contributed by atoms with Crippen molar-refractivity contribution < 1.29 is 17.9 Å². The van der Waals surface area contributed by atoms with Crippen molar-refractivity contribution in [3.8, 4) is 5.75 Å². The predicted molar refractivity (Wildman–Crippen MR) is 99.5 cm³/mol. The number of nitrogens with one attached hydrogen (secondary N) is 2. The highest BCUT2D eigenvalue weighted by Crippen LogP contribution is 2.26. The number of amides is 1. The number of carbonyl (C=O) groups is 1. The lowest BCUT2D eigenvalue weighted by atomic mass is 10.0. The largest absolute Gasteiger partial charge is 0.495 e. The van der Waals surface area contributed by atoms with Crippen molar-refractivity contribution in [1.82, 2.24) is 10.0 Å². The number of hydrogen-bond acceptors (Lipinski definition) is 4. The van der Waals surface area contributed by atoms with Crippen LogP contribution in [0.15, 0.2) is 23.1 Å². The zero-order valence-electron chi connectivity index (χ0n) is 16.1. The van der Waals surface area contributed by atoms with Crippen LogP contribution in [0, 0.1) is 5.92 Å². The van der Waals surface area contributed by atoms with Crippen LogP contribution in [0.5, 0.6) is 5.75 Å². The van der Waals surface area contributed by atoms with Crippen LogP contribution in [0.1, 0.15) is 58.3 Å². The van der Waals surface area contributed by atoms with Gasteiger partial charge in [-0.3, -0.25) is 4.79 Å². The minimum absolute atomic E-state index is 0.0300. The van der Waals surface area contributed by atoms with Gasteiger partial charge in [-0.15, -0.1) is 0 Å². The van der Waals surface area contributed by atoms with E-state index in [-0.39, 0.29) is 34.1 Å². The zero-order valence-corrected chi connectivity index (χ0v) is 17.0. The van der Waals surface area contributed by atoms with Gasteiger partial charge < -0.3 is 10.1 Å². The van der Waals surface area contributed by atoms with E-state index >= 15 is 0 Å². The fraction of sp³-hybridized carbons (Fsp3) is 0.611. The van der Waals surface area contributed by atoms with Gasteiger partial charge in [0, 0.05) is 17.1 Å². The molecule has 2 N–H and O–H groups in total. The van der Waals surface area contributed by atoms with Gasteiger partial charge in [-0.25, -0.2) is 13.1 Å². The van der Waals surface area contributed by atoms with Crippen LogP contribution in [-0.2, 0) is 10.0 Å². The standard InChI is InChI=1S/C18H30N2O4S/c1-8-14(12(2)3)19-17(21)13-9-10-15(24-7)16(11-13)25(22,23)20-18(4,5)6/h9-12,14,20H,8H2,1-7H3,(H,19,21). The molecule has 1 aromatic rings. The summed E-state index contributed by atoms with van der Waals surface area (Å²) in [5.74, 6) is 0.192. The second kappa shape index (κ2) is 8.19. The van der Waals surface area contributed by atoms with Crippen molar-refractivity contribution in [2.75, 3.05) is 7.11 Å². The lowest BCUT2D eigenvalue weighted by Gasteiger charge is -2.22. The highest BCUT2D eigenvalue weighted by Gasteiger charge is 2.26. The molecule has 7 heteroatoms. The van der Waals surface area contributed by atoms with E-state index in [1.54, 1.807) is 26.8 Å². The fourth-order valence-electron chi connectivity index (χ4n) is 2.48. The minimum Gasteiger partial charge on any atom is -0.495 e. The number of rotatable bonds is 7. The number of methoxy groups -OCH3 is 1. The fourth-order valence-corrected chi connectivity index (χ4v) is 4.09. The lowest BCUT2D eigenvalue weighted by molar-refractivity contribution is 0.0924. The van der Waals surface area contributed by atoms with Gasteiger partial charge in [0.2, 0.25) is 10.0 Å². The van der Waals surface area contributed by atoms with Gasteiger partial charge in [0.15, 0.2) is 0 Å². The molecule has 0 bridgehead atoms. The van der Waals surface area contributed by atoms with Gasteiger partial charge in [-0.1, -0.05) is 20.8 Å². The molecule has 0 aliphatic rings. The highest BCUT2D eigenvalue weighted by atomic mass is 32.2. The van der Waals surface area contributed by atoms with Gasteiger partial charge in [-0.05, 0) is 51.3 Å². The molecule has 0 fully saturated rings. The molecule has 1 unspecified atom stereocenters. The van der Waals surface area contributed by atoms with Crippen molar-refractivity contribution in [2.45, 2.75) is 64.4 Å². The van der Waals surface area contributed by atoms with E-state index in [1.807, 2.05) is 20.8 Å². The molecule has 0 saturated carbocycles. The average Bonchev–Trinajstić information content (AvgIpc) is 2.49. The Bertz CT molecular complexity index is 706. The van der Waals surface area contributed by atoms with Gasteiger partial charge >= 0.3 is 0 Å². The Morgan fingerprint density at radius 1 is 1.24 bits per heavy atom. The van der Waals surface area contributed by atoms with Crippen molar-refractivity contribution in [1.29, 1.82) is 0 Å². The van der Waals surface area contributed by atoms with Crippen LogP contribution >= 0.6 is 0 Å². The highest BCUT2D eigenvalue weighted by molar-refractivity contribution is 7.89. The van der Waals surface area contributed by atoms with Crippen LogP contribution in [0.4, 0.5) is 0 Å². The molecular formula is C18H30N2O4S. The SMILES string of the molecule is CCC(NC(=O)c1ccc(OC)c(S(=O)(=O)NC(C)(C)C)c1)C(C)C. The summed E-state index contributed by atoms with van der Waals surface area (Å²) in [6.45, 7) is 11.3. The Hall–Kier alpha value is -1.60. The maximum atomic E-state index is 12.7. The second-order valence-electron chi connectivity index (χ2n) is 7.45. The van der Waals surface area contributed by atoms with E-state index in [0.29, 0.717) is 0 Å². The van der Waals surface area contributed by atoms with E-state index in [9.17, 15) is 13.2 Å². The molecule has 1 atom stereocenters. The van der Waals surface area contributed by atoms with Crippen LogP contribution in [-0.4, -0.2) is 33.0 Å². The van der Waals surface area contributed by atoms with Crippen LogP contribution in [0.3, 0.4) is 0 Å². The average molecular weight is 371 g/mol. The number of sulfonamides is 1. The minimum atomic E-state index is -3.82. The molecule has 1 aromatic carbocycles. The quantitative estimate of drug-likeness (QED) is 0.773. The van der Waals surface area contributed by atoms with E-state index < -0.39 is 15.6 Å². The normalized spacial score (nSPS) is 13.6. The third-order valence-corrected chi connectivity index (χ3v) is 5.50. The van der Waals surface area contributed by atoms with Crippen LogP contribution in [0.2, 0.25) is 0 Å². The lowest BCUT2D eigenvalue weighted by Crippen LogP contribution is -2.41. The van der Waals surface area contributed by atoms with Crippen LogP contribution < -0.4 is 14.8 Å².